The van der Waals surface area contributed by atoms with Gasteiger partial charge in [-0.2, -0.15) is 0 Å². The van der Waals surface area contributed by atoms with Gasteiger partial charge >= 0.3 is 0 Å². The van der Waals surface area contributed by atoms with Crippen LogP contribution in [0.3, 0.4) is 0 Å². The molecule has 6 N–H and O–H groups in total. The normalized spacial score (nSPS) is 19.6. The summed E-state index contributed by atoms with van der Waals surface area (Å²) in [5.41, 5.74) is 0. The molecule has 0 aromatic carbocycles. The van der Waals surface area contributed by atoms with Gasteiger partial charge in [0.25, 0.3) is 0 Å². The van der Waals surface area contributed by atoms with Crippen LogP contribution in [-0.2, 0) is 14.3 Å². The third-order valence-electron chi connectivity index (χ3n) is 14.3. The van der Waals surface area contributed by atoms with Gasteiger partial charge in [0.1, 0.15) is 24.4 Å². The maximum Gasteiger partial charge on any atom is 0.220 e. The Labute approximate surface area is 448 Å². The van der Waals surface area contributed by atoms with Crippen LogP contribution in [0, 0.1) is 0 Å². The lowest BCUT2D eigenvalue weighted by molar-refractivity contribution is -0.302. The minimum Gasteiger partial charge on any atom is -0.394 e. The molecule has 73 heavy (non-hydrogen) atoms. The lowest BCUT2D eigenvalue weighted by Gasteiger charge is -2.40. The lowest BCUT2D eigenvalue weighted by atomic mass is 9.99. The molecule has 1 fully saturated rings. The van der Waals surface area contributed by atoms with Crippen molar-refractivity contribution in [2.75, 3.05) is 13.2 Å². The molecule has 0 aliphatic carbocycles. The number of carbonyl (C=O) groups excluding carboxylic acids is 1. The molecule has 0 radical (unpaired) electrons. The van der Waals surface area contributed by atoms with Gasteiger partial charge in [0, 0.05) is 6.42 Å². The topological polar surface area (TPSA) is 149 Å². The van der Waals surface area contributed by atoms with Gasteiger partial charge in [-0.25, -0.2) is 0 Å². The Morgan fingerprint density at radius 2 is 0.849 bits per heavy atom. The van der Waals surface area contributed by atoms with Crippen molar-refractivity contribution in [2.45, 2.75) is 314 Å². The first kappa shape index (κ1) is 68.6. The smallest absolute Gasteiger partial charge is 0.220 e. The second-order valence-corrected chi connectivity index (χ2v) is 21.1. The number of allylic oxidation sites excluding steroid dienone is 12. The third kappa shape index (κ3) is 42.4. The van der Waals surface area contributed by atoms with Crippen LogP contribution >= 0.6 is 0 Å². The number of ether oxygens (including phenoxy) is 2. The first-order valence-corrected chi connectivity index (χ1v) is 30.6. The number of amides is 1. The molecule has 9 nitrogen and oxygen atoms in total. The summed E-state index contributed by atoms with van der Waals surface area (Å²) in [6, 6.07) is -0.748. The standard InChI is InChI=1S/C64H115NO8/c1-3-5-7-9-11-13-15-17-19-21-23-25-26-27-28-29-30-31-32-34-35-37-39-41-43-45-47-49-51-53-58(67)57(56-72-64-63(71)62(70)61(69)59(55-66)73-64)65-60(68)54-52-50-48-46-44-42-40-38-36-33-24-22-20-18-16-14-12-10-8-6-4-2/h6,8,12,14,18,20,24,33,38,40,44,46,57-59,61-64,66-67,69-71H,3-5,7,9-11,13,15-17,19,21-23,25-32,34-37,39,41-43,45,47-56H2,1-2H3,(H,65,68)/b8-6-,14-12-,20-18-,33-24-,40-38-,46-44-. The van der Waals surface area contributed by atoms with Crippen LogP contribution in [-0.4, -0.2) is 87.5 Å². The number of unbranched alkanes of at least 4 members (excludes halogenated alkanes) is 30. The first-order chi connectivity index (χ1) is 35.8. The fourth-order valence-corrected chi connectivity index (χ4v) is 9.52. The van der Waals surface area contributed by atoms with Crippen molar-refractivity contribution in [2.24, 2.45) is 0 Å². The van der Waals surface area contributed by atoms with Gasteiger partial charge in [-0.15, -0.1) is 0 Å². The number of aliphatic hydroxyl groups is 5. The second-order valence-electron chi connectivity index (χ2n) is 21.1. The van der Waals surface area contributed by atoms with Crippen molar-refractivity contribution in [1.29, 1.82) is 0 Å². The number of hydrogen-bond donors (Lipinski definition) is 6. The van der Waals surface area contributed by atoms with Gasteiger partial charge in [0.2, 0.25) is 5.91 Å². The SMILES string of the molecule is CC/C=C\C/C=C\C/C=C\C/C=C\C/C=C\C/C=C\CCCCC(=O)NC(COC1OC(CO)C(O)C(O)C1O)C(O)CCCCCCCCCCCCCCCCCCCCCCCCCCCCCCC. The van der Waals surface area contributed by atoms with Crippen LogP contribution in [0.4, 0.5) is 0 Å². The van der Waals surface area contributed by atoms with Crippen LogP contribution < -0.4 is 5.32 Å². The van der Waals surface area contributed by atoms with E-state index in [1.165, 1.54) is 167 Å². The largest absolute Gasteiger partial charge is 0.394 e. The number of nitrogens with one attached hydrogen (secondary N) is 1. The van der Waals surface area contributed by atoms with E-state index in [9.17, 15) is 30.3 Å². The van der Waals surface area contributed by atoms with Crippen LogP contribution in [0.1, 0.15) is 271 Å². The van der Waals surface area contributed by atoms with Gasteiger partial charge in [-0.1, -0.05) is 273 Å². The van der Waals surface area contributed by atoms with E-state index in [1.54, 1.807) is 0 Å². The average molecular weight is 1030 g/mol. The van der Waals surface area contributed by atoms with Gasteiger partial charge in [-0.05, 0) is 64.2 Å². The van der Waals surface area contributed by atoms with Crippen molar-refractivity contribution in [1.82, 2.24) is 5.32 Å². The van der Waals surface area contributed by atoms with Crippen molar-refractivity contribution in [3.8, 4) is 0 Å². The maximum absolute atomic E-state index is 13.1. The van der Waals surface area contributed by atoms with E-state index in [4.69, 9.17) is 9.47 Å². The van der Waals surface area contributed by atoms with Crippen molar-refractivity contribution < 1.29 is 39.8 Å². The van der Waals surface area contributed by atoms with E-state index in [0.717, 1.165) is 70.6 Å². The van der Waals surface area contributed by atoms with E-state index in [1.807, 2.05) is 0 Å². The fraction of sp³-hybridized carbons (Fsp3) is 0.797. The molecule has 1 heterocycles. The Bertz CT molecular complexity index is 1380. The number of rotatable bonds is 52. The Balaban J connectivity index is 2.20. The molecule has 0 aromatic rings. The Morgan fingerprint density at radius 1 is 0.479 bits per heavy atom. The van der Waals surface area contributed by atoms with Crippen molar-refractivity contribution >= 4 is 5.91 Å². The number of carbonyl (C=O) groups is 1. The predicted molar refractivity (Wildman–Crippen MR) is 309 cm³/mol. The zero-order valence-corrected chi connectivity index (χ0v) is 47.1. The predicted octanol–water partition coefficient (Wildman–Crippen LogP) is 15.6. The molecule has 1 aliphatic rings. The molecule has 9 heteroatoms. The van der Waals surface area contributed by atoms with Gasteiger partial charge in [0.05, 0.1) is 25.4 Å². The van der Waals surface area contributed by atoms with Crippen LogP contribution in [0.2, 0.25) is 0 Å². The van der Waals surface area contributed by atoms with E-state index in [-0.39, 0.29) is 12.5 Å². The average Bonchev–Trinajstić information content (AvgIpc) is 3.39. The highest BCUT2D eigenvalue weighted by molar-refractivity contribution is 5.76. The molecule has 0 bridgehead atoms. The zero-order chi connectivity index (χ0) is 52.9. The van der Waals surface area contributed by atoms with Gasteiger partial charge in [-0.3, -0.25) is 4.79 Å². The molecule has 424 valence electrons. The Hall–Kier alpha value is -2.37. The minimum atomic E-state index is -1.57. The molecule has 0 saturated carbocycles. The van der Waals surface area contributed by atoms with Crippen molar-refractivity contribution in [3.05, 3.63) is 72.9 Å². The second kappa shape index (κ2) is 53.0. The summed E-state index contributed by atoms with van der Waals surface area (Å²) in [6.07, 6.45) is 66.6. The first-order valence-electron chi connectivity index (χ1n) is 30.6. The lowest BCUT2D eigenvalue weighted by Crippen LogP contribution is -2.60. The van der Waals surface area contributed by atoms with Crippen LogP contribution in [0.15, 0.2) is 72.9 Å². The molecule has 7 unspecified atom stereocenters. The number of hydrogen-bond acceptors (Lipinski definition) is 8. The Kier molecular flexibility index (Phi) is 49.9. The molecule has 0 spiro atoms. The van der Waals surface area contributed by atoms with Crippen molar-refractivity contribution in [3.63, 3.8) is 0 Å². The summed E-state index contributed by atoms with van der Waals surface area (Å²) in [6.45, 7) is 3.72. The summed E-state index contributed by atoms with van der Waals surface area (Å²) in [4.78, 5) is 13.1. The van der Waals surface area contributed by atoms with Gasteiger partial charge in [0.15, 0.2) is 6.29 Å². The molecule has 1 saturated heterocycles. The molecule has 1 aliphatic heterocycles. The quantitative estimate of drug-likeness (QED) is 0.0261. The summed E-state index contributed by atoms with van der Waals surface area (Å²) in [5, 5.41) is 54.7. The molecular formula is C64H115NO8. The monoisotopic (exact) mass is 1030 g/mol. The summed E-state index contributed by atoms with van der Waals surface area (Å²) < 4.78 is 11.3. The zero-order valence-electron chi connectivity index (χ0n) is 47.1. The van der Waals surface area contributed by atoms with E-state index >= 15 is 0 Å². The summed E-state index contributed by atoms with van der Waals surface area (Å²) in [7, 11) is 0. The molecular weight excluding hydrogens is 911 g/mol. The third-order valence-corrected chi connectivity index (χ3v) is 14.3. The van der Waals surface area contributed by atoms with Crippen LogP contribution in [0.25, 0.3) is 0 Å². The fourth-order valence-electron chi connectivity index (χ4n) is 9.52. The minimum absolute atomic E-state index is 0.159. The Morgan fingerprint density at radius 3 is 1.23 bits per heavy atom. The van der Waals surface area contributed by atoms with E-state index in [0.29, 0.717) is 19.3 Å². The highest BCUT2D eigenvalue weighted by Crippen LogP contribution is 2.23. The van der Waals surface area contributed by atoms with E-state index in [2.05, 4.69) is 92.1 Å². The summed E-state index contributed by atoms with van der Waals surface area (Å²) in [5.74, 6) is -0.185. The molecule has 0 aromatic heterocycles. The highest BCUT2D eigenvalue weighted by atomic mass is 16.7. The molecule has 1 rings (SSSR count). The van der Waals surface area contributed by atoms with E-state index < -0.39 is 49.5 Å². The van der Waals surface area contributed by atoms with Gasteiger partial charge < -0.3 is 40.3 Å². The summed E-state index contributed by atoms with van der Waals surface area (Å²) >= 11 is 0. The molecule has 7 atom stereocenters. The number of aliphatic hydroxyl groups excluding tert-OH is 5. The molecule has 1 amide bonds. The highest BCUT2D eigenvalue weighted by Gasteiger charge is 2.44. The van der Waals surface area contributed by atoms with Crippen LogP contribution in [0.5, 0.6) is 0 Å². The maximum atomic E-state index is 13.1.